The van der Waals surface area contributed by atoms with Crippen molar-refractivity contribution in [2.45, 2.75) is 123 Å². The molecule has 21 heteroatoms. The fourth-order valence-corrected chi connectivity index (χ4v) is 10.5. The van der Waals surface area contributed by atoms with E-state index in [4.69, 9.17) is 14.5 Å². The van der Waals surface area contributed by atoms with E-state index < -0.39 is 71.9 Å². The molecule has 0 saturated heterocycles. The van der Waals surface area contributed by atoms with Crippen LogP contribution in [0.5, 0.6) is 0 Å². The Morgan fingerprint density at radius 3 is 2.35 bits per heavy atom. The number of amides is 7. The van der Waals surface area contributed by atoms with E-state index in [2.05, 4.69) is 37.2 Å². The van der Waals surface area contributed by atoms with E-state index in [1.807, 2.05) is 13.0 Å². The van der Waals surface area contributed by atoms with Crippen molar-refractivity contribution < 1.29 is 52.2 Å². The summed E-state index contributed by atoms with van der Waals surface area (Å²) in [7, 11) is 0. The minimum Gasteiger partial charge on any atom is -0.460 e. The van der Waals surface area contributed by atoms with Crippen molar-refractivity contribution in [2.24, 2.45) is 5.41 Å². The van der Waals surface area contributed by atoms with Gasteiger partial charge in [-0.1, -0.05) is 50.1 Å². The average Bonchev–Trinajstić information content (AvgIpc) is 3.79. The molecule has 0 bridgehead atoms. The first-order valence-electron chi connectivity index (χ1n) is 25.7. The van der Waals surface area contributed by atoms with Gasteiger partial charge in [-0.3, -0.25) is 43.2 Å². The highest BCUT2D eigenvalue weighted by Crippen LogP contribution is 2.47. The van der Waals surface area contributed by atoms with E-state index in [0.29, 0.717) is 78.7 Å². The van der Waals surface area contributed by atoms with E-state index in [1.54, 1.807) is 41.8 Å². The van der Waals surface area contributed by atoms with Gasteiger partial charge >= 0.3 is 5.97 Å². The van der Waals surface area contributed by atoms with Crippen molar-refractivity contribution in [1.82, 2.24) is 46.8 Å². The highest BCUT2D eigenvalue weighted by atomic mass is 19.1. The minimum atomic E-state index is -1.12. The number of nitrogens with one attached hydrogen (secondary N) is 7. The van der Waals surface area contributed by atoms with Crippen LogP contribution in [0.4, 0.5) is 4.39 Å². The Labute approximate surface area is 432 Å². The zero-order chi connectivity index (χ0) is 53.4. The summed E-state index contributed by atoms with van der Waals surface area (Å²) in [6.45, 7) is 4.04. The summed E-state index contributed by atoms with van der Waals surface area (Å²) in [5.41, 5.74) is 4.88. The lowest BCUT2D eigenvalue weighted by atomic mass is 9.68. The highest BCUT2D eigenvalue weighted by Gasteiger charge is 2.46. The van der Waals surface area contributed by atoms with E-state index in [-0.39, 0.29) is 69.2 Å². The highest BCUT2D eigenvalue weighted by molar-refractivity contribution is 5.95. The van der Waals surface area contributed by atoms with Gasteiger partial charge in [-0.25, -0.2) is 9.37 Å². The van der Waals surface area contributed by atoms with Crippen LogP contribution in [-0.2, 0) is 73.8 Å². The van der Waals surface area contributed by atoms with Crippen LogP contribution >= 0.6 is 0 Å². The molecular weight excluding hydrogens is 970 g/mol. The molecule has 1 saturated carbocycles. The molecule has 2 aromatic carbocycles. The predicted octanol–water partition coefficient (Wildman–Crippen LogP) is 2.56. The molecule has 75 heavy (non-hydrogen) atoms. The monoisotopic (exact) mass is 1030 g/mol. The van der Waals surface area contributed by atoms with Gasteiger partial charge in [-0.2, -0.15) is 0 Å². The van der Waals surface area contributed by atoms with Gasteiger partial charge in [-0.15, -0.1) is 0 Å². The number of unbranched alkanes of at least 4 members (excludes halogenated alkanes) is 2. The number of fused-ring (bicyclic) bond motifs is 5. The second kappa shape index (κ2) is 23.8. The molecule has 4 heterocycles. The molecular formula is C54H64FN9O11. The Hall–Kier alpha value is -7.55. The predicted molar refractivity (Wildman–Crippen MR) is 271 cm³/mol. The molecule has 398 valence electrons. The number of pyridine rings is 2. The summed E-state index contributed by atoms with van der Waals surface area (Å²) < 4.78 is 28.4. The lowest BCUT2D eigenvalue weighted by molar-refractivity contribution is -0.148. The van der Waals surface area contributed by atoms with Crippen LogP contribution in [0.25, 0.3) is 22.3 Å². The molecule has 2 aliphatic heterocycles. The van der Waals surface area contributed by atoms with E-state index in [0.717, 1.165) is 46.9 Å². The number of cyclic esters (lactones) is 1. The van der Waals surface area contributed by atoms with Crippen molar-refractivity contribution in [3.63, 3.8) is 0 Å². The zero-order valence-corrected chi connectivity index (χ0v) is 42.5. The number of benzene rings is 2. The van der Waals surface area contributed by atoms with Crippen LogP contribution in [0.1, 0.15) is 123 Å². The first kappa shape index (κ1) is 53.7. The number of carbonyl (C=O) groups excluding carboxylic acids is 8. The SMILES string of the molecule is CC[C@H]1C(=O)OCc2c1cc1n(c2=O)Cc2c-1nc1cc(F)c(C)c3c1c2[C@@H](NC(=O)C1(COCNC(=O)CNC(=O)[C@H](Cc2ccccc2)NC(=O)CNC(=O)CNC(=O)CCCCCNC(C)=O)CCC1)CC3. The van der Waals surface area contributed by atoms with Crippen molar-refractivity contribution in [3.8, 4) is 11.4 Å². The molecule has 7 N–H and O–H groups in total. The first-order valence-corrected chi connectivity index (χ1v) is 25.7. The summed E-state index contributed by atoms with van der Waals surface area (Å²) in [5, 5.41) is 19.4. The number of halogens is 1. The maximum atomic E-state index is 15.5. The van der Waals surface area contributed by atoms with Gasteiger partial charge in [0.1, 0.15) is 25.2 Å². The van der Waals surface area contributed by atoms with Gasteiger partial charge in [0.25, 0.3) is 5.56 Å². The number of carbonyl (C=O) groups is 8. The van der Waals surface area contributed by atoms with E-state index in [1.165, 1.54) is 13.0 Å². The van der Waals surface area contributed by atoms with Gasteiger partial charge in [0.15, 0.2) is 0 Å². The van der Waals surface area contributed by atoms with Crippen LogP contribution in [-0.4, -0.2) is 102 Å². The number of aryl methyl sites for hydroxylation is 1. The van der Waals surface area contributed by atoms with Gasteiger partial charge in [0.05, 0.1) is 72.6 Å². The van der Waals surface area contributed by atoms with Crippen LogP contribution in [0.2, 0.25) is 0 Å². The van der Waals surface area contributed by atoms with E-state index in [9.17, 15) is 43.2 Å². The smallest absolute Gasteiger partial charge is 0.313 e. The standard InChI is InChI=1S/C54H64FN9O11/c1-4-33-35-21-42-49-36(26-64(42)51(71)37(35)27-75-52(33)72)48-39(16-15-34-30(2)38(55)22-40(62-49)47(34)48)63-53(73)54(17-11-18-54)28-74-29-60-45(68)24-59-50(70)41(20-32-12-7-5-8-13-32)61-46(69)25-58-44(67)23-57-43(66)14-9-6-10-19-56-31(3)65/h5,7-8,12-13,21-22,33,39,41H,4,6,9-11,14-20,23-29H2,1-3H3,(H,56,65)(H,57,66)(H,58,67)(H,59,70)(H,60,68)(H,61,69)(H,63,73)/t33-,39+,41+/m1/s1. The van der Waals surface area contributed by atoms with Crippen LogP contribution in [0.3, 0.4) is 0 Å². The average molecular weight is 1030 g/mol. The van der Waals surface area contributed by atoms with Gasteiger partial charge in [0.2, 0.25) is 41.4 Å². The Balaban J connectivity index is 0.839. The molecule has 4 aromatic rings. The number of hydrogen-bond acceptors (Lipinski definition) is 12. The minimum absolute atomic E-state index is 0.00898. The van der Waals surface area contributed by atoms with E-state index >= 15 is 4.39 Å². The normalized spacial score (nSPS) is 16.9. The Morgan fingerprint density at radius 1 is 0.880 bits per heavy atom. The van der Waals surface area contributed by atoms with Crippen LogP contribution < -0.4 is 42.8 Å². The molecule has 1 fully saturated rings. The second-order valence-electron chi connectivity index (χ2n) is 19.8. The summed E-state index contributed by atoms with van der Waals surface area (Å²) in [6, 6.07) is 10.5. The van der Waals surface area contributed by atoms with Crippen LogP contribution in [0.15, 0.2) is 47.3 Å². The Kier molecular flexibility index (Phi) is 17.0. The number of nitrogens with zero attached hydrogens (tertiary/aromatic N) is 2. The molecule has 0 spiro atoms. The van der Waals surface area contributed by atoms with Gasteiger partial charge < -0.3 is 51.3 Å². The quantitative estimate of drug-likeness (QED) is 0.0283. The van der Waals surface area contributed by atoms with Crippen molar-refractivity contribution in [2.75, 3.05) is 39.5 Å². The van der Waals surface area contributed by atoms with Gasteiger partial charge in [-0.05, 0) is 85.8 Å². The zero-order valence-electron chi connectivity index (χ0n) is 42.5. The summed E-state index contributed by atoms with van der Waals surface area (Å²) in [4.78, 5) is 121. The molecule has 0 radical (unpaired) electrons. The summed E-state index contributed by atoms with van der Waals surface area (Å²) >= 11 is 0. The Morgan fingerprint density at radius 2 is 1.61 bits per heavy atom. The second-order valence-corrected chi connectivity index (χ2v) is 19.8. The lowest BCUT2D eigenvalue weighted by Crippen LogP contribution is -2.52. The molecule has 7 amide bonds. The molecule has 20 nitrogen and oxygen atoms in total. The molecule has 8 rings (SSSR count). The maximum absolute atomic E-state index is 15.5. The van der Waals surface area contributed by atoms with Gasteiger partial charge in [0, 0.05) is 43.3 Å². The lowest BCUT2D eigenvalue weighted by Gasteiger charge is -2.41. The van der Waals surface area contributed by atoms with Crippen molar-refractivity contribution in [1.29, 1.82) is 0 Å². The summed E-state index contributed by atoms with van der Waals surface area (Å²) in [5.74, 6) is -4.60. The molecule has 3 atom stereocenters. The largest absolute Gasteiger partial charge is 0.460 e. The summed E-state index contributed by atoms with van der Waals surface area (Å²) in [6.07, 6.45) is 5.53. The molecule has 2 aromatic heterocycles. The number of hydrogen-bond donors (Lipinski definition) is 7. The third-order valence-electron chi connectivity index (χ3n) is 14.7. The van der Waals surface area contributed by atoms with Crippen LogP contribution in [0, 0.1) is 18.2 Å². The molecule has 2 aliphatic carbocycles. The number of aromatic nitrogens is 2. The molecule has 4 aliphatic rings. The number of esters is 1. The van der Waals surface area contributed by atoms with Crippen molar-refractivity contribution >= 4 is 58.2 Å². The third kappa shape index (κ3) is 12.2. The Bertz CT molecular complexity index is 2980. The number of ether oxygens (including phenoxy) is 2. The molecule has 0 unspecified atom stereocenters. The topological polar surface area (TPSA) is 274 Å². The fourth-order valence-electron chi connectivity index (χ4n) is 10.5. The van der Waals surface area contributed by atoms with Crippen molar-refractivity contribution in [3.05, 3.63) is 97.6 Å². The fraction of sp³-hybridized carbons (Fsp3) is 0.481. The first-order chi connectivity index (χ1) is 36.1. The third-order valence-corrected chi connectivity index (χ3v) is 14.7. The number of rotatable bonds is 23. The maximum Gasteiger partial charge on any atom is 0.313 e.